The Hall–Kier alpha value is -0.650. The zero-order valence-electron chi connectivity index (χ0n) is 15.4. The number of ether oxygens (including phenoxy) is 1. The number of nitrogens with zero attached hydrogens (tertiary/aromatic N) is 3. The molecule has 0 aromatic rings. The Balaban J connectivity index is 1.46. The highest BCUT2D eigenvalue weighted by Crippen LogP contribution is 2.21. The highest BCUT2D eigenvalue weighted by Gasteiger charge is 2.33. The number of piperidine rings is 1. The summed E-state index contributed by atoms with van der Waals surface area (Å²) >= 11 is 0. The van der Waals surface area contributed by atoms with Crippen LogP contribution in [0.2, 0.25) is 0 Å². The molecule has 3 saturated heterocycles. The lowest BCUT2D eigenvalue weighted by molar-refractivity contribution is -0.140. The van der Waals surface area contributed by atoms with Crippen molar-refractivity contribution in [3.05, 3.63) is 0 Å². The topological polar surface area (TPSA) is 36.0 Å². The molecule has 3 aliphatic rings. The number of carbonyl (C=O) groups excluding carboxylic acids is 1. The largest absolute Gasteiger partial charge is 0.381 e. The lowest BCUT2D eigenvalue weighted by atomic mass is 10.00. The van der Waals surface area contributed by atoms with Gasteiger partial charge in [-0.1, -0.05) is 19.8 Å². The van der Waals surface area contributed by atoms with Crippen molar-refractivity contribution in [2.75, 3.05) is 59.0 Å². The average Bonchev–Trinajstić information content (AvgIpc) is 3.13. The fourth-order valence-corrected chi connectivity index (χ4v) is 4.35. The van der Waals surface area contributed by atoms with Gasteiger partial charge >= 0.3 is 0 Å². The summed E-state index contributed by atoms with van der Waals surface area (Å²) in [5.41, 5.74) is 0. The third kappa shape index (κ3) is 4.70. The summed E-state index contributed by atoms with van der Waals surface area (Å²) in [5.74, 6) is 1.10. The quantitative estimate of drug-likeness (QED) is 0.741. The van der Waals surface area contributed by atoms with Crippen molar-refractivity contribution in [1.29, 1.82) is 0 Å². The van der Waals surface area contributed by atoms with Crippen molar-refractivity contribution in [2.24, 2.45) is 5.92 Å². The summed E-state index contributed by atoms with van der Waals surface area (Å²) in [4.78, 5) is 20.1. The molecule has 3 heterocycles. The Morgan fingerprint density at radius 1 is 1.08 bits per heavy atom. The fraction of sp³-hybridized carbons (Fsp3) is 0.947. The highest BCUT2D eigenvalue weighted by molar-refractivity contribution is 5.82. The molecule has 0 radical (unpaired) electrons. The van der Waals surface area contributed by atoms with Crippen LogP contribution in [0.4, 0.5) is 0 Å². The van der Waals surface area contributed by atoms with Crippen LogP contribution < -0.4 is 0 Å². The van der Waals surface area contributed by atoms with Gasteiger partial charge in [0.2, 0.25) is 5.91 Å². The van der Waals surface area contributed by atoms with Crippen LogP contribution >= 0.6 is 0 Å². The van der Waals surface area contributed by atoms with Gasteiger partial charge in [0.15, 0.2) is 0 Å². The predicted octanol–water partition coefficient (Wildman–Crippen LogP) is 1.82. The number of hydrogen-bond acceptors (Lipinski definition) is 4. The lowest BCUT2D eigenvalue weighted by Crippen LogP contribution is -2.56. The Bertz CT molecular complexity index is 390. The lowest BCUT2D eigenvalue weighted by Gasteiger charge is -2.41. The van der Waals surface area contributed by atoms with E-state index in [2.05, 4.69) is 21.6 Å². The summed E-state index contributed by atoms with van der Waals surface area (Å²) in [6.45, 7) is 11.3. The van der Waals surface area contributed by atoms with Gasteiger partial charge in [-0.25, -0.2) is 0 Å². The maximum absolute atomic E-state index is 13.0. The van der Waals surface area contributed by atoms with Gasteiger partial charge in [0.1, 0.15) is 0 Å². The first-order valence-electron chi connectivity index (χ1n) is 10.1. The van der Waals surface area contributed by atoms with Gasteiger partial charge in [-0.3, -0.25) is 14.6 Å². The molecule has 0 saturated carbocycles. The zero-order chi connectivity index (χ0) is 16.8. The van der Waals surface area contributed by atoms with Crippen LogP contribution in [0.1, 0.15) is 45.4 Å². The van der Waals surface area contributed by atoms with Crippen molar-refractivity contribution in [3.63, 3.8) is 0 Å². The van der Waals surface area contributed by atoms with Gasteiger partial charge in [-0.05, 0) is 44.7 Å². The first kappa shape index (κ1) is 18.2. The number of amides is 1. The molecule has 5 nitrogen and oxygen atoms in total. The van der Waals surface area contributed by atoms with Crippen molar-refractivity contribution in [1.82, 2.24) is 14.7 Å². The molecule has 3 fully saturated rings. The van der Waals surface area contributed by atoms with E-state index in [1.165, 1.54) is 32.1 Å². The molecule has 2 atom stereocenters. The van der Waals surface area contributed by atoms with E-state index in [0.29, 0.717) is 11.8 Å². The van der Waals surface area contributed by atoms with Crippen molar-refractivity contribution >= 4 is 5.91 Å². The van der Waals surface area contributed by atoms with E-state index in [4.69, 9.17) is 4.74 Å². The summed E-state index contributed by atoms with van der Waals surface area (Å²) in [6.07, 6.45) is 7.14. The minimum atomic E-state index is 0.153. The van der Waals surface area contributed by atoms with Gasteiger partial charge in [0.05, 0.1) is 12.6 Å². The molecule has 0 unspecified atom stereocenters. The number of piperazine rings is 1. The number of hydrogen-bond donors (Lipinski definition) is 0. The van der Waals surface area contributed by atoms with Crippen molar-refractivity contribution in [3.8, 4) is 0 Å². The second-order valence-electron chi connectivity index (χ2n) is 7.76. The van der Waals surface area contributed by atoms with Gasteiger partial charge in [0.25, 0.3) is 0 Å². The van der Waals surface area contributed by atoms with Crippen LogP contribution in [0.15, 0.2) is 0 Å². The maximum Gasteiger partial charge on any atom is 0.240 e. The maximum atomic E-state index is 13.0. The molecule has 0 aromatic heterocycles. The molecule has 24 heavy (non-hydrogen) atoms. The molecule has 0 spiro atoms. The Kier molecular flexibility index (Phi) is 6.93. The van der Waals surface area contributed by atoms with Crippen LogP contribution in [0.25, 0.3) is 0 Å². The molecule has 0 bridgehead atoms. The third-order valence-corrected chi connectivity index (χ3v) is 5.92. The Morgan fingerprint density at radius 2 is 1.92 bits per heavy atom. The smallest absolute Gasteiger partial charge is 0.240 e. The summed E-state index contributed by atoms with van der Waals surface area (Å²) in [7, 11) is 0. The molecule has 3 aliphatic heterocycles. The van der Waals surface area contributed by atoms with E-state index in [1.807, 2.05) is 0 Å². The van der Waals surface area contributed by atoms with Gasteiger partial charge in [-0.15, -0.1) is 0 Å². The molecule has 138 valence electrons. The Labute approximate surface area is 147 Å². The molecular weight excluding hydrogens is 302 g/mol. The first-order valence-corrected chi connectivity index (χ1v) is 10.1. The van der Waals surface area contributed by atoms with E-state index < -0.39 is 0 Å². The molecule has 0 N–H and O–H groups in total. The highest BCUT2D eigenvalue weighted by atomic mass is 16.5. The predicted molar refractivity (Wildman–Crippen MR) is 96.1 cm³/mol. The third-order valence-electron chi connectivity index (χ3n) is 5.92. The zero-order valence-corrected chi connectivity index (χ0v) is 15.4. The normalized spacial score (nSPS) is 30.0. The van der Waals surface area contributed by atoms with Crippen molar-refractivity contribution in [2.45, 2.75) is 51.5 Å². The van der Waals surface area contributed by atoms with E-state index in [-0.39, 0.29) is 6.04 Å². The second kappa shape index (κ2) is 9.16. The molecule has 1 amide bonds. The molecule has 5 heteroatoms. The van der Waals surface area contributed by atoms with E-state index in [9.17, 15) is 4.79 Å². The standard InChI is InChI=1S/C19H35N3O2/c1-2-3-8-21-9-5-4-6-18(21)19(23)22-12-10-20(11-13-22)15-17-7-14-24-16-17/h17-18H,2-16H2,1H3/t17-,18+/m0/s1. The monoisotopic (exact) mass is 337 g/mol. The average molecular weight is 338 g/mol. The molecule has 0 aromatic carbocycles. The summed E-state index contributed by atoms with van der Waals surface area (Å²) in [5, 5.41) is 0. The fourth-order valence-electron chi connectivity index (χ4n) is 4.35. The second-order valence-corrected chi connectivity index (χ2v) is 7.76. The van der Waals surface area contributed by atoms with Crippen LogP contribution in [0.5, 0.6) is 0 Å². The van der Waals surface area contributed by atoms with Gasteiger partial charge in [-0.2, -0.15) is 0 Å². The summed E-state index contributed by atoms with van der Waals surface area (Å²) < 4.78 is 5.48. The first-order chi connectivity index (χ1) is 11.8. The van der Waals surface area contributed by atoms with Gasteiger partial charge in [0, 0.05) is 39.3 Å². The number of rotatable bonds is 6. The number of carbonyl (C=O) groups is 1. The minimum absolute atomic E-state index is 0.153. The van der Waals surface area contributed by atoms with E-state index >= 15 is 0 Å². The number of likely N-dealkylation sites (tertiary alicyclic amines) is 1. The van der Waals surface area contributed by atoms with E-state index in [1.54, 1.807) is 0 Å². The molecular formula is C19H35N3O2. The van der Waals surface area contributed by atoms with Crippen LogP contribution in [0.3, 0.4) is 0 Å². The van der Waals surface area contributed by atoms with Crippen LogP contribution in [0, 0.1) is 5.92 Å². The van der Waals surface area contributed by atoms with Crippen LogP contribution in [-0.4, -0.2) is 85.7 Å². The van der Waals surface area contributed by atoms with Gasteiger partial charge < -0.3 is 9.64 Å². The van der Waals surface area contributed by atoms with E-state index in [0.717, 1.165) is 65.4 Å². The minimum Gasteiger partial charge on any atom is -0.381 e. The van der Waals surface area contributed by atoms with Crippen molar-refractivity contribution < 1.29 is 9.53 Å². The van der Waals surface area contributed by atoms with Crippen LogP contribution in [-0.2, 0) is 9.53 Å². The Morgan fingerprint density at radius 3 is 2.62 bits per heavy atom. The summed E-state index contributed by atoms with van der Waals surface area (Å²) in [6, 6.07) is 0.153. The molecule has 0 aliphatic carbocycles. The molecule has 3 rings (SSSR count). The SMILES string of the molecule is CCCCN1CCCC[C@@H]1C(=O)N1CCN(C[C@@H]2CCOC2)CC1. The number of unbranched alkanes of at least 4 members (excludes halogenated alkanes) is 1.